The van der Waals surface area contributed by atoms with Crippen LogP contribution in [0, 0.1) is 17.8 Å². The molecule has 0 unspecified atom stereocenters. The van der Waals surface area contributed by atoms with E-state index in [1.54, 1.807) is 75.4 Å². The average molecular weight is 1490 g/mol. The summed E-state index contributed by atoms with van der Waals surface area (Å²) in [6, 6.07) is 10.6. The second kappa shape index (κ2) is 38.8. The number of carbonyl (C=O) groups excluding carboxylic acids is 12. The highest BCUT2D eigenvalue weighted by atomic mass is 16.5. The molecular weight excluding hydrogens is 1390 g/mol. The number of amides is 11. The number of para-hydroxylation sites is 1. The smallest absolute Gasteiger partial charge is 0.331 e. The van der Waals surface area contributed by atoms with Crippen molar-refractivity contribution in [3.8, 4) is 5.75 Å². The molecule has 2 aliphatic heterocycles. The van der Waals surface area contributed by atoms with Crippen LogP contribution >= 0.6 is 0 Å². The van der Waals surface area contributed by atoms with Crippen LogP contribution in [0.25, 0.3) is 17.0 Å². The number of aliphatic carboxylic acids is 1. The van der Waals surface area contributed by atoms with E-state index < -0.39 is 193 Å². The number of hydrogen-bond acceptors (Lipinski definition) is 19. The Morgan fingerprint density at radius 1 is 0.645 bits per heavy atom. The predicted octanol–water partition coefficient (Wildman–Crippen LogP) is 0.0212. The molecule has 0 bridgehead atoms. The second-order valence-corrected chi connectivity index (χ2v) is 27.2. The zero-order valence-electron chi connectivity index (χ0n) is 60.8. The Bertz CT molecular complexity index is 4040. The first-order valence-electron chi connectivity index (χ1n) is 35.2. The van der Waals surface area contributed by atoms with E-state index in [1.165, 1.54) is 82.6 Å². The van der Waals surface area contributed by atoms with E-state index in [0.717, 1.165) is 29.9 Å². The first-order valence-corrected chi connectivity index (χ1v) is 35.2. The molecule has 107 heavy (non-hydrogen) atoms. The third-order valence-electron chi connectivity index (χ3n) is 18.4. The molecule has 1 aromatic heterocycles. The molecular formula is C75H96N12O20. The van der Waals surface area contributed by atoms with Gasteiger partial charge in [0, 0.05) is 36.5 Å². The predicted molar refractivity (Wildman–Crippen MR) is 386 cm³/mol. The number of methoxy groups -OCH3 is 1. The lowest BCUT2D eigenvalue weighted by molar-refractivity contribution is -0.160. The number of nitrogens with one attached hydrogen (secondary N) is 11. The van der Waals surface area contributed by atoms with Crippen molar-refractivity contribution < 1.29 is 97.3 Å². The number of allylic oxidation sites excluding steroid dienone is 1. The number of aryl methyl sites for hydroxylation is 1. The van der Waals surface area contributed by atoms with Crippen molar-refractivity contribution in [3.05, 3.63) is 143 Å². The number of nitrogens with zero attached hydrogens (tertiary/aromatic N) is 1. The third-order valence-corrected chi connectivity index (χ3v) is 18.4. The van der Waals surface area contributed by atoms with E-state index in [0.29, 0.717) is 22.2 Å². The van der Waals surface area contributed by atoms with E-state index in [4.69, 9.17) is 9.47 Å². The molecule has 5 aromatic rings. The summed E-state index contributed by atoms with van der Waals surface area (Å²) < 4.78 is 11.1. The Labute approximate surface area is 617 Å². The topological polar surface area (TPSA) is 481 Å². The number of esters is 1. The van der Waals surface area contributed by atoms with Crippen molar-refractivity contribution in [2.75, 3.05) is 20.2 Å². The van der Waals surface area contributed by atoms with Crippen molar-refractivity contribution in [3.63, 3.8) is 0 Å². The van der Waals surface area contributed by atoms with Crippen molar-refractivity contribution in [2.45, 2.75) is 179 Å². The van der Waals surface area contributed by atoms with Crippen LogP contribution in [0.3, 0.4) is 0 Å². The summed E-state index contributed by atoms with van der Waals surface area (Å²) in [5, 5.41) is 82.1. The average Bonchev–Trinajstić information content (AvgIpc) is 1.63. The van der Waals surface area contributed by atoms with Crippen LogP contribution < -0.4 is 57.9 Å². The number of benzene rings is 4. The highest BCUT2D eigenvalue weighted by Crippen LogP contribution is 2.28. The molecule has 0 saturated carbocycles. The fourth-order valence-electron chi connectivity index (χ4n) is 12.3. The van der Waals surface area contributed by atoms with Gasteiger partial charge in [0.15, 0.2) is 6.04 Å². The lowest BCUT2D eigenvalue weighted by Gasteiger charge is -2.33. The van der Waals surface area contributed by atoms with Gasteiger partial charge in [-0.25, -0.2) is 4.79 Å². The number of hydrogen-bond donors (Lipinski definition) is 16. The third kappa shape index (κ3) is 22.5. The number of fused-ring (bicyclic) bond motifs is 2. The van der Waals surface area contributed by atoms with E-state index in [2.05, 4.69) is 58.2 Å². The molecule has 4 aromatic carbocycles. The van der Waals surface area contributed by atoms with Crippen molar-refractivity contribution in [1.29, 1.82) is 0 Å². The van der Waals surface area contributed by atoms with Crippen LogP contribution in [0.2, 0.25) is 0 Å². The van der Waals surface area contributed by atoms with Gasteiger partial charge in [-0.05, 0) is 111 Å². The van der Waals surface area contributed by atoms with Gasteiger partial charge in [-0.15, -0.1) is 0 Å². The van der Waals surface area contributed by atoms with Crippen LogP contribution in [0.5, 0.6) is 5.75 Å². The Balaban J connectivity index is 1.29. The molecule has 32 nitrogen and oxygen atoms in total. The molecule has 16 N–H and O–H groups in total. The van der Waals surface area contributed by atoms with Crippen LogP contribution in [-0.4, -0.2) is 205 Å². The zero-order valence-corrected chi connectivity index (χ0v) is 60.8. The molecule has 3 heterocycles. The van der Waals surface area contributed by atoms with Gasteiger partial charge in [-0.1, -0.05) is 125 Å². The summed E-state index contributed by atoms with van der Waals surface area (Å²) in [5.41, 5.74) is 2.65. The maximum Gasteiger partial charge on any atom is 0.331 e. The Morgan fingerprint density at radius 2 is 1.26 bits per heavy atom. The number of ether oxygens (including phenoxy) is 2. The van der Waals surface area contributed by atoms with Crippen molar-refractivity contribution >= 4 is 93.9 Å². The lowest BCUT2D eigenvalue weighted by atomic mass is 9.97. The number of H-pyrrole nitrogens is 1. The molecule has 576 valence electrons. The zero-order chi connectivity index (χ0) is 78.5. The van der Waals surface area contributed by atoms with Gasteiger partial charge in [0.25, 0.3) is 5.91 Å². The highest BCUT2D eigenvalue weighted by molar-refractivity contribution is 6.00. The number of rotatable bonds is 18. The maximum absolute atomic E-state index is 15.1. The highest BCUT2D eigenvalue weighted by Gasteiger charge is 2.45. The molecule has 0 spiro atoms. The number of aliphatic hydroxyl groups is 4. The molecule has 0 radical (unpaired) electrons. The van der Waals surface area contributed by atoms with Crippen LogP contribution in [-0.2, 0) is 79.9 Å². The van der Waals surface area contributed by atoms with E-state index in [-0.39, 0.29) is 49.8 Å². The molecule has 2 saturated heterocycles. The van der Waals surface area contributed by atoms with Gasteiger partial charge in [0.05, 0.1) is 25.7 Å². The minimum absolute atomic E-state index is 0.0273. The molecule has 15 atom stereocenters. The van der Waals surface area contributed by atoms with Crippen molar-refractivity contribution in [2.24, 2.45) is 17.8 Å². The largest absolute Gasteiger partial charge is 0.497 e. The number of aromatic amines is 1. The number of cyclic esters (lactones) is 1. The minimum Gasteiger partial charge on any atom is -0.497 e. The lowest BCUT2D eigenvalue weighted by Crippen LogP contribution is -2.62. The summed E-state index contributed by atoms with van der Waals surface area (Å²) in [5.74, 6) is -18.4. The van der Waals surface area contributed by atoms with Crippen LogP contribution in [0.15, 0.2) is 115 Å². The van der Waals surface area contributed by atoms with Gasteiger partial charge in [0.1, 0.15) is 72.4 Å². The van der Waals surface area contributed by atoms with Gasteiger partial charge in [-0.2, -0.15) is 0 Å². The number of aliphatic hydroxyl groups excluding tert-OH is 4. The fraction of sp³-hybridized carbons (Fsp3) is 0.453. The summed E-state index contributed by atoms with van der Waals surface area (Å²) in [6.07, 6.45) is -5.39. The summed E-state index contributed by atoms with van der Waals surface area (Å²) in [6.45, 7) is 10.2. The minimum atomic E-state index is -2.51. The second-order valence-electron chi connectivity index (χ2n) is 27.2. The molecule has 7 rings (SSSR count). The molecule has 0 aliphatic carbocycles. The molecule has 2 fully saturated rings. The SMILES string of the molecule is C/C=C\c1ccccc1CCC(=O)N[C@@H]1C(=O)N[C@@H](C)C(=O)N[C@@H]([C@H](C)C(=O)O)C(=O)NCC(=O)N[C@@H]([C@@H](O)c2ccccc2)C(=O)N2CCC[C@H]2C(=O)N[C@@H]([C@@H](O)c2ccc(OC)cc2)C(=O)N[C@H](Cc2c[nH]c3ccccc23)C(=O)N[C@@H](O)C(=O)N[C@H](CC(C)C)C(=O)N[C@H]([C@@H](O)C(C)C)C(=O)O[C@@H]1C. The quantitative estimate of drug-likeness (QED) is 0.0514. The number of carboxylic acid groups (broad SMARTS) is 1. The van der Waals surface area contributed by atoms with Gasteiger partial charge in [0.2, 0.25) is 65.3 Å². The summed E-state index contributed by atoms with van der Waals surface area (Å²) in [7, 11) is 1.38. The van der Waals surface area contributed by atoms with Gasteiger partial charge < -0.3 is 98.1 Å². The van der Waals surface area contributed by atoms with Gasteiger partial charge in [-0.3, -0.25) is 57.5 Å². The number of carboxylic acids is 1. The number of carbonyl (C=O) groups is 13. The van der Waals surface area contributed by atoms with Gasteiger partial charge >= 0.3 is 11.9 Å². The van der Waals surface area contributed by atoms with E-state index >= 15 is 9.59 Å². The Kier molecular flexibility index (Phi) is 30.2. The van der Waals surface area contributed by atoms with E-state index in [9.17, 15) is 78.3 Å². The van der Waals surface area contributed by atoms with E-state index in [1.807, 2.05) is 12.1 Å². The van der Waals surface area contributed by atoms with Crippen LogP contribution in [0.1, 0.15) is 121 Å². The Hall–Kier alpha value is -11.1. The number of aromatic nitrogens is 1. The fourth-order valence-corrected chi connectivity index (χ4v) is 12.3. The van der Waals surface area contributed by atoms with Crippen LogP contribution in [0.4, 0.5) is 0 Å². The molecule has 32 heteroatoms. The first-order chi connectivity index (χ1) is 50.8. The summed E-state index contributed by atoms with van der Waals surface area (Å²) in [4.78, 5) is 191. The van der Waals surface area contributed by atoms with Crippen molar-refractivity contribution in [1.82, 2.24) is 63.1 Å². The molecule has 2 aliphatic rings. The maximum atomic E-state index is 15.1. The first kappa shape index (κ1) is 83.2. The normalized spacial score (nSPS) is 24.7. The Morgan fingerprint density at radius 3 is 1.93 bits per heavy atom. The standard InChI is InChI=1S/C75H96N12O20/c1-10-19-43-20-14-15-21-44(43)29-32-54(88)81-57-42(8)107-75(105)60(61(90)39(4)5)85-65(94)51(34-38(2)3)80-71(100)72(101)86-66(95)52(35-47-36-76-50-25-17-16-24-49(47)50)79-70(99)58(62(91)46-27-30-48(106-9)31-28-46)84-67(96)53-26-18-33-87(53)73(102)59(63(92)45-22-12-11-13-23-45)82-55(89)37-77-68(97)56(40(6)74(103)104)83-64(93)41(7)78-69(57)98/h10-17,19-25,27-28,30-31,36,38-42,51-53,56-63,72,76,90-92,101H,18,26,29,32-35,37H2,1-9H3,(H,77,97)(H,78,98)(H,79,99)(H,80,100)(H,81,88)(H,82,89)(H,83,93)(H,84,96)(H,85,94)(H,86,95)(H,103,104)/b19-10-/t40-,41-,42+,51+,52+,53-,56-,57-,58-,59-,60+,61-,62-,63-,72-/m0/s1. The molecule has 11 amide bonds. The monoisotopic (exact) mass is 1480 g/mol. The summed E-state index contributed by atoms with van der Waals surface area (Å²) >= 11 is 0.